The van der Waals surface area contributed by atoms with Gasteiger partial charge in [0, 0.05) is 18.6 Å². The molecule has 0 radical (unpaired) electrons. The summed E-state index contributed by atoms with van der Waals surface area (Å²) >= 11 is 0. The Morgan fingerprint density at radius 1 is 1.17 bits per heavy atom. The van der Waals surface area contributed by atoms with Crippen molar-refractivity contribution in [1.82, 2.24) is 4.90 Å². The van der Waals surface area contributed by atoms with Crippen molar-refractivity contribution in [3.05, 3.63) is 0 Å². The monoisotopic (exact) mass is 252 g/mol. The highest BCUT2D eigenvalue weighted by Crippen LogP contribution is 2.37. The van der Waals surface area contributed by atoms with Crippen molar-refractivity contribution in [3.63, 3.8) is 0 Å². The Morgan fingerprint density at radius 2 is 1.94 bits per heavy atom. The molecule has 2 heteroatoms. The normalized spacial score (nSPS) is 38.3. The number of likely N-dealkylation sites (tertiary alicyclic amines) is 1. The van der Waals surface area contributed by atoms with Crippen molar-refractivity contribution in [1.29, 1.82) is 0 Å². The summed E-state index contributed by atoms with van der Waals surface area (Å²) in [5, 5.41) is 0. The predicted molar refractivity (Wildman–Crippen MR) is 78.6 cm³/mol. The summed E-state index contributed by atoms with van der Waals surface area (Å²) < 4.78 is 0. The number of nitrogens with two attached hydrogens (primary N) is 1. The predicted octanol–water partition coefficient (Wildman–Crippen LogP) is 3.40. The van der Waals surface area contributed by atoms with Gasteiger partial charge in [-0.25, -0.2) is 0 Å². The van der Waals surface area contributed by atoms with Crippen molar-refractivity contribution in [3.8, 4) is 0 Å². The summed E-state index contributed by atoms with van der Waals surface area (Å²) in [6, 6.07) is 1.47. The standard InChI is InChI=1S/C16H32N2/c1-13-7-10-18(15(11-13)12-17)14-5-4-8-16(2,3)9-6-14/h13-15H,4-12,17H2,1-3H3. The molecule has 2 N–H and O–H groups in total. The molecular weight excluding hydrogens is 220 g/mol. The first kappa shape index (κ1) is 14.3. The SMILES string of the molecule is CC1CCN(C2CCCC(C)(C)CC2)C(CN)C1. The average Bonchev–Trinajstić information content (AvgIpc) is 2.50. The number of rotatable bonds is 2. The molecule has 2 fully saturated rings. The van der Waals surface area contributed by atoms with Crippen LogP contribution in [0, 0.1) is 11.3 Å². The van der Waals surface area contributed by atoms with Gasteiger partial charge in [-0.15, -0.1) is 0 Å². The largest absolute Gasteiger partial charge is 0.329 e. The average molecular weight is 252 g/mol. The maximum absolute atomic E-state index is 6.01. The van der Waals surface area contributed by atoms with E-state index in [0.29, 0.717) is 11.5 Å². The van der Waals surface area contributed by atoms with E-state index in [1.165, 1.54) is 51.5 Å². The van der Waals surface area contributed by atoms with E-state index in [0.717, 1.165) is 18.5 Å². The fourth-order valence-electron chi connectivity index (χ4n) is 3.96. The Bertz CT molecular complexity index is 262. The van der Waals surface area contributed by atoms with E-state index in [-0.39, 0.29) is 0 Å². The van der Waals surface area contributed by atoms with Gasteiger partial charge in [0.2, 0.25) is 0 Å². The first-order chi connectivity index (χ1) is 8.52. The Hall–Kier alpha value is -0.0800. The quantitative estimate of drug-likeness (QED) is 0.763. The minimum atomic E-state index is 0.566. The van der Waals surface area contributed by atoms with Crippen molar-refractivity contribution in [2.75, 3.05) is 13.1 Å². The lowest BCUT2D eigenvalue weighted by atomic mass is 9.85. The maximum Gasteiger partial charge on any atom is 0.0223 e. The summed E-state index contributed by atoms with van der Waals surface area (Å²) in [5.41, 5.74) is 6.58. The fraction of sp³-hybridized carbons (Fsp3) is 1.00. The van der Waals surface area contributed by atoms with Crippen LogP contribution in [0.3, 0.4) is 0 Å². The third-order valence-corrected chi connectivity index (χ3v) is 5.31. The molecule has 0 aromatic carbocycles. The Kier molecular flexibility index (Phi) is 4.71. The summed E-state index contributed by atoms with van der Waals surface area (Å²) in [4.78, 5) is 2.77. The van der Waals surface area contributed by atoms with Crippen LogP contribution in [0.5, 0.6) is 0 Å². The topological polar surface area (TPSA) is 29.3 Å². The molecule has 1 heterocycles. The van der Waals surface area contributed by atoms with Gasteiger partial charge in [0.1, 0.15) is 0 Å². The summed E-state index contributed by atoms with van der Waals surface area (Å²) in [6.07, 6.45) is 9.67. The lowest BCUT2D eigenvalue weighted by Crippen LogP contribution is -2.51. The van der Waals surface area contributed by atoms with Gasteiger partial charge in [0.25, 0.3) is 0 Å². The second kappa shape index (κ2) is 5.92. The highest BCUT2D eigenvalue weighted by molar-refractivity contribution is 4.88. The molecule has 0 bridgehead atoms. The van der Waals surface area contributed by atoms with Crippen LogP contribution in [0.2, 0.25) is 0 Å². The third-order valence-electron chi connectivity index (χ3n) is 5.31. The van der Waals surface area contributed by atoms with Gasteiger partial charge in [-0.3, -0.25) is 4.90 Å². The first-order valence-electron chi connectivity index (χ1n) is 7.97. The molecule has 3 unspecified atom stereocenters. The van der Waals surface area contributed by atoms with Crippen LogP contribution in [0.1, 0.15) is 65.7 Å². The molecular formula is C16H32N2. The zero-order valence-electron chi connectivity index (χ0n) is 12.6. The smallest absolute Gasteiger partial charge is 0.0223 e. The van der Waals surface area contributed by atoms with Crippen LogP contribution in [-0.2, 0) is 0 Å². The van der Waals surface area contributed by atoms with E-state index >= 15 is 0 Å². The summed E-state index contributed by atoms with van der Waals surface area (Å²) in [7, 11) is 0. The van der Waals surface area contributed by atoms with E-state index in [9.17, 15) is 0 Å². The van der Waals surface area contributed by atoms with Crippen LogP contribution in [-0.4, -0.2) is 30.1 Å². The number of piperidine rings is 1. The number of hydrogen-bond acceptors (Lipinski definition) is 2. The molecule has 0 amide bonds. The van der Waals surface area contributed by atoms with Crippen molar-refractivity contribution >= 4 is 0 Å². The lowest BCUT2D eigenvalue weighted by Gasteiger charge is -2.43. The lowest BCUT2D eigenvalue weighted by molar-refractivity contribution is 0.0669. The molecule has 2 aliphatic rings. The second-order valence-corrected chi connectivity index (χ2v) is 7.51. The zero-order valence-corrected chi connectivity index (χ0v) is 12.6. The Balaban J connectivity index is 1.97. The van der Waals surface area contributed by atoms with Gasteiger partial charge in [0.05, 0.1) is 0 Å². The molecule has 1 saturated carbocycles. The van der Waals surface area contributed by atoms with Crippen LogP contribution in [0.25, 0.3) is 0 Å². The van der Waals surface area contributed by atoms with Gasteiger partial charge in [-0.2, -0.15) is 0 Å². The van der Waals surface area contributed by atoms with Crippen LogP contribution < -0.4 is 5.73 Å². The van der Waals surface area contributed by atoms with Crippen LogP contribution in [0.15, 0.2) is 0 Å². The van der Waals surface area contributed by atoms with Gasteiger partial charge in [-0.1, -0.05) is 27.2 Å². The van der Waals surface area contributed by atoms with E-state index < -0.39 is 0 Å². The molecule has 1 saturated heterocycles. The number of hydrogen-bond donors (Lipinski definition) is 1. The maximum atomic E-state index is 6.01. The van der Waals surface area contributed by atoms with E-state index in [1.54, 1.807) is 0 Å². The summed E-state index contributed by atoms with van der Waals surface area (Å²) in [6.45, 7) is 9.40. The van der Waals surface area contributed by atoms with E-state index in [1.807, 2.05) is 0 Å². The van der Waals surface area contributed by atoms with E-state index in [2.05, 4.69) is 25.7 Å². The summed E-state index contributed by atoms with van der Waals surface area (Å²) in [5.74, 6) is 0.872. The molecule has 2 rings (SSSR count). The van der Waals surface area contributed by atoms with Gasteiger partial charge in [-0.05, 0) is 56.4 Å². The molecule has 0 aromatic rings. The van der Waals surface area contributed by atoms with Gasteiger partial charge in [0.15, 0.2) is 0 Å². The van der Waals surface area contributed by atoms with Gasteiger partial charge < -0.3 is 5.73 Å². The fourth-order valence-corrected chi connectivity index (χ4v) is 3.96. The molecule has 18 heavy (non-hydrogen) atoms. The Morgan fingerprint density at radius 3 is 2.67 bits per heavy atom. The molecule has 3 atom stereocenters. The molecule has 106 valence electrons. The van der Waals surface area contributed by atoms with Crippen LogP contribution >= 0.6 is 0 Å². The second-order valence-electron chi connectivity index (χ2n) is 7.51. The highest BCUT2D eigenvalue weighted by Gasteiger charge is 2.33. The molecule has 1 aliphatic carbocycles. The van der Waals surface area contributed by atoms with Crippen molar-refractivity contribution in [2.45, 2.75) is 77.8 Å². The van der Waals surface area contributed by atoms with Crippen LogP contribution in [0.4, 0.5) is 0 Å². The van der Waals surface area contributed by atoms with Crippen molar-refractivity contribution in [2.24, 2.45) is 17.1 Å². The molecule has 0 aromatic heterocycles. The molecule has 1 aliphatic heterocycles. The zero-order chi connectivity index (χ0) is 13.2. The molecule has 2 nitrogen and oxygen atoms in total. The minimum absolute atomic E-state index is 0.566. The van der Waals surface area contributed by atoms with Gasteiger partial charge >= 0.3 is 0 Å². The highest BCUT2D eigenvalue weighted by atomic mass is 15.2. The minimum Gasteiger partial charge on any atom is -0.329 e. The first-order valence-corrected chi connectivity index (χ1v) is 7.97. The van der Waals surface area contributed by atoms with Crippen molar-refractivity contribution < 1.29 is 0 Å². The molecule has 0 spiro atoms. The van der Waals surface area contributed by atoms with E-state index in [4.69, 9.17) is 5.73 Å². The Labute approximate surface area is 113 Å². The number of nitrogens with zero attached hydrogens (tertiary/aromatic N) is 1. The third kappa shape index (κ3) is 3.48.